The maximum Gasteiger partial charge on any atom is 0.247 e. The van der Waals surface area contributed by atoms with E-state index < -0.39 is 16.1 Å². The van der Waals surface area contributed by atoms with E-state index in [0.29, 0.717) is 18.7 Å². The number of rotatable bonds is 6. The Morgan fingerprint density at radius 3 is 2.56 bits per heavy atom. The van der Waals surface area contributed by atoms with Crippen LogP contribution in [0.4, 0.5) is 5.69 Å². The first-order valence-electron chi connectivity index (χ1n) is 11.3. The Kier molecular flexibility index (Phi) is 5.97. The quantitative estimate of drug-likeness (QED) is 0.556. The highest BCUT2D eigenvalue weighted by molar-refractivity contribution is 7.89. The number of hydrogen-bond donors (Lipinski definition) is 2. The molecule has 8 heteroatoms. The van der Waals surface area contributed by atoms with Crippen LogP contribution in [0.3, 0.4) is 0 Å². The molecule has 0 spiro atoms. The number of fused-ring (bicyclic) bond motifs is 3. The van der Waals surface area contributed by atoms with Gasteiger partial charge in [0.1, 0.15) is 16.4 Å². The smallest absolute Gasteiger partial charge is 0.247 e. The summed E-state index contributed by atoms with van der Waals surface area (Å²) in [6, 6.07) is 19.9. The van der Waals surface area contributed by atoms with E-state index in [9.17, 15) is 13.5 Å². The average Bonchev–Trinajstić information content (AvgIpc) is 3.34. The number of para-hydroxylation sites is 1. The Labute approximate surface area is 200 Å². The van der Waals surface area contributed by atoms with Gasteiger partial charge in [0.2, 0.25) is 10.0 Å². The molecule has 0 aromatic heterocycles. The summed E-state index contributed by atoms with van der Waals surface area (Å²) in [5, 5.41) is 13.5. The third-order valence-electron chi connectivity index (χ3n) is 6.88. The fraction of sp³-hybridized carbons (Fsp3) is 0.308. The van der Waals surface area contributed by atoms with Crippen molar-refractivity contribution in [3.8, 4) is 22.6 Å². The van der Waals surface area contributed by atoms with Crippen molar-refractivity contribution in [2.75, 3.05) is 32.7 Å². The zero-order chi connectivity index (χ0) is 23.9. The molecular weight excluding hydrogens is 452 g/mol. The number of nitrogens with zero attached hydrogens (tertiary/aromatic N) is 1. The zero-order valence-corrected chi connectivity index (χ0v) is 20.0. The number of methoxy groups -OCH3 is 2. The van der Waals surface area contributed by atoms with Crippen LogP contribution in [-0.4, -0.2) is 51.2 Å². The Balaban J connectivity index is 1.62. The molecule has 2 heterocycles. The lowest BCUT2D eigenvalue weighted by Gasteiger charge is -2.39. The molecule has 1 saturated heterocycles. The predicted molar refractivity (Wildman–Crippen MR) is 131 cm³/mol. The van der Waals surface area contributed by atoms with Crippen LogP contribution in [0.25, 0.3) is 11.1 Å². The molecule has 0 radical (unpaired) electrons. The van der Waals surface area contributed by atoms with Crippen molar-refractivity contribution in [1.82, 2.24) is 4.31 Å². The van der Waals surface area contributed by atoms with Crippen molar-refractivity contribution in [3.05, 3.63) is 72.3 Å². The number of benzene rings is 3. The molecule has 0 unspecified atom stereocenters. The molecule has 0 saturated carbocycles. The van der Waals surface area contributed by atoms with E-state index in [-0.39, 0.29) is 23.5 Å². The van der Waals surface area contributed by atoms with Crippen molar-refractivity contribution in [3.63, 3.8) is 0 Å². The van der Waals surface area contributed by atoms with Crippen LogP contribution in [0.2, 0.25) is 0 Å². The minimum Gasteiger partial charge on any atom is -0.497 e. The summed E-state index contributed by atoms with van der Waals surface area (Å²) in [7, 11) is -0.727. The summed E-state index contributed by atoms with van der Waals surface area (Å²) in [4.78, 5) is 0.155. The van der Waals surface area contributed by atoms with Gasteiger partial charge in [-0.15, -0.1) is 0 Å². The van der Waals surface area contributed by atoms with Crippen molar-refractivity contribution in [2.45, 2.75) is 23.4 Å². The molecule has 1 fully saturated rings. The van der Waals surface area contributed by atoms with E-state index in [1.54, 1.807) is 35.7 Å². The molecule has 2 aliphatic rings. The summed E-state index contributed by atoms with van der Waals surface area (Å²) in [6.07, 6.45) is 0.653. The predicted octanol–water partition coefficient (Wildman–Crippen LogP) is 3.91. The van der Waals surface area contributed by atoms with E-state index >= 15 is 0 Å². The minimum atomic E-state index is -3.84. The Morgan fingerprint density at radius 1 is 1.00 bits per heavy atom. The van der Waals surface area contributed by atoms with Crippen molar-refractivity contribution in [2.24, 2.45) is 5.92 Å². The second-order valence-electron chi connectivity index (χ2n) is 8.63. The monoisotopic (exact) mass is 480 g/mol. The van der Waals surface area contributed by atoms with Crippen molar-refractivity contribution in [1.29, 1.82) is 0 Å². The van der Waals surface area contributed by atoms with Gasteiger partial charge in [-0.3, -0.25) is 0 Å². The van der Waals surface area contributed by atoms with Crippen LogP contribution < -0.4 is 14.8 Å². The third kappa shape index (κ3) is 3.72. The maximum atomic E-state index is 13.9. The van der Waals surface area contributed by atoms with Crippen LogP contribution in [0.15, 0.2) is 71.6 Å². The number of ether oxygens (including phenoxy) is 2. The molecule has 7 nitrogen and oxygen atoms in total. The zero-order valence-electron chi connectivity index (χ0n) is 19.1. The van der Waals surface area contributed by atoms with Crippen LogP contribution in [-0.2, 0) is 10.0 Å². The molecule has 2 aliphatic heterocycles. The van der Waals surface area contributed by atoms with Gasteiger partial charge in [-0.05, 0) is 59.5 Å². The second kappa shape index (κ2) is 8.94. The number of anilines is 1. The van der Waals surface area contributed by atoms with Gasteiger partial charge in [-0.1, -0.05) is 30.3 Å². The van der Waals surface area contributed by atoms with Gasteiger partial charge in [-0.2, -0.15) is 4.31 Å². The summed E-state index contributed by atoms with van der Waals surface area (Å²) < 4.78 is 40.0. The summed E-state index contributed by atoms with van der Waals surface area (Å²) >= 11 is 0. The lowest BCUT2D eigenvalue weighted by Crippen LogP contribution is -2.42. The molecule has 178 valence electrons. The fourth-order valence-electron chi connectivity index (χ4n) is 5.23. The van der Waals surface area contributed by atoms with E-state index in [0.717, 1.165) is 28.1 Å². The maximum absolute atomic E-state index is 13.9. The normalized spacial score (nSPS) is 21.9. The van der Waals surface area contributed by atoms with Crippen LogP contribution >= 0.6 is 0 Å². The molecule has 3 aromatic carbocycles. The van der Waals surface area contributed by atoms with Crippen LogP contribution in [0.1, 0.15) is 18.0 Å². The SMILES string of the molecule is COc1cccc(-c2ccc3c(c2)[C@@H]2[C@@H](CCN2S(=O)(=O)c2ccccc2OC)[C@@H](CO)N3)c1. The summed E-state index contributed by atoms with van der Waals surface area (Å²) in [5.41, 5.74) is 3.71. The lowest BCUT2D eigenvalue weighted by molar-refractivity contribution is 0.210. The van der Waals surface area contributed by atoms with Crippen molar-refractivity contribution >= 4 is 15.7 Å². The van der Waals surface area contributed by atoms with Gasteiger partial charge >= 0.3 is 0 Å². The second-order valence-corrected chi connectivity index (χ2v) is 10.5. The highest BCUT2D eigenvalue weighted by atomic mass is 32.2. The van der Waals surface area contributed by atoms with E-state index in [1.165, 1.54) is 7.11 Å². The fourth-order valence-corrected chi connectivity index (χ4v) is 7.05. The minimum absolute atomic E-state index is 0.0532. The molecule has 2 N–H and O–H groups in total. The molecular formula is C26H28N2O5S. The number of aliphatic hydroxyl groups excluding tert-OH is 1. The molecule has 3 aromatic rings. The first-order chi connectivity index (χ1) is 16.5. The van der Waals surface area contributed by atoms with Gasteiger partial charge in [-0.25, -0.2) is 8.42 Å². The topological polar surface area (TPSA) is 88.1 Å². The van der Waals surface area contributed by atoms with Gasteiger partial charge in [0, 0.05) is 18.2 Å². The van der Waals surface area contributed by atoms with Crippen LogP contribution in [0, 0.1) is 5.92 Å². The molecule has 0 amide bonds. The number of hydrogen-bond acceptors (Lipinski definition) is 6. The first kappa shape index (κ1) is 22.7. The summed E-state index contributed by atoms with van der Waals surface area (Å²) in [6.45, 7) is 0.303. The van der Waals surface area contributed by atoms with Crippen molar-refractivity contribution < 1.29 is 23.0 Å². The van der Waals surface area contributed by atoms with Crippen LogP contribution in [0.5, 0.6) is 11.5 Å². The molecule has 5 rings (SSSR count). The third-order valence-corrected chi connectivity index (χ3v) is 8.80. The molecule has 0 bridgehead atoms. The first-order valence-corrected chi connectivity index (χ1v) is 12.7. The van der Waals surface area contributed by atoms with E-state index in [1.807, 2.05) is 36.4 Å². The number of nitrogens with one attached hydrogen (secondary N) is 1. The Hall–Kier alpha value is -3.07. The average molecular weight is 481 g/mol. The standard InChI is InChI=1S/C26H28N2O5S/c1-32-19-7-5-6-17(14-19)18-10-11-22-21(15-18)26-20(23(16-29)27-22)12-13-28(26)34(30,31)25-9-4-3-8-24(25)33-2/h3-11,14-15,20,23,26-27,29H,12-13,16H2,1-2H3/t20-,23+,26-/m0/s1. The van der Waals surface area contributed by atoms with Gasteiger partial charge < -0.3 is 19.9 Å². The number of sulfonamides is 1. The van der Waals surface area contributed by atoms with E-state index in [2.05, 4.69) is 11.4 Å². The lowest BCUT2D eigenvalue weighted by atomic mass is 9.82. The molecule has 3 atom stereocenters. The summed E-state index contributed by atoms with van der Waals surface area (Å²) in [5.74, 6) is 1.03. The Bertz CT molecular complexity index is 1310. The molecule has 34 heavy (non-hydrogen) atoms. The highest BCUT2D eigenvalue weighted by Crippen LogP contribution is 2.49. The Morgan fingerprint density at radius 2 is 1.79 bits per heavy atom. The van der Waals surface area contributed by atoms with Gasteiger partial charge in [0.05, 0.1) is 32.9 Å². The highest BCUT2D eigenvalue weighted by Gasteiger charge is 2.49. The number of aliphatic hydroxyl groups is 1. The van der Waals surface area contributed by atoms with Gasteiger partial charge in [0.25, 0.3) is 0 Å². The van der Waals surface area contributed by atoms with E-state index in [4.69, 9.17) is 9.47 Å². The van der Waals surface area contributed by atoms with Gasteiger partial charge in [0.15, 0.2) is 0 Å². The molecule has 0 aliphatic carbocycles. The largest absolute Gasteiger partial charge is 0.497 e.